The van der Waals surface area contributed by atoms with Gasteiger partial charge in [0.25, 0.3) is 0 Å². The molecule has 18 nitrogen and oxygen atoms in total. The molecule has 4 aliphatic rings. The number of hydrogen-bond donors (Lipinski definition) is 8. The molecule has 334 valence electrons. The van der Waals surface area contributed by atoms with E-state index >= 15 is 0 Å². The first-order valence-electron chi connectivity index (χ1n) is 21.1. The first-order chi connectivity index (χ1) is 27.6. The number of carboxylic acid groups (broad SMARTS) is 6. The van der Waals surface area contributed by atoms with Crippen LogP contribution in [0.15, 0.2) is 0 Å². The molecule has 4 unspecified atom stereocenters. The van der Waals surface area contributed by atoms with Gasteiger partial charge in [0.15, 0.2) is 0 Å². The Hall–Kier alpha value is -3.87. The number of hydrogen-bond acceptors (Lipinski definition) is 11. The van der Waals surface area contributed by atoms with E-state index < -0.39 is 74.1 Å². The van der Waals surface area contributed by atoms with Crippen molar-refractivity contribution in [3.05, 3.63) is 0 Å². The molecular formula is C41H66N4O14. The fraction of sp³-hybridized carbons (Fsp3) is 0.829. The molecule has 0 aromatic rings. The number of nitrogens with zero attached hydrogens (tertiary/aromatic N) is 3. The van der Waals surface area contributed by atoms with Gasteiger partial charge in [0.05, 0.1) is 32.3 Å². The summed E-state index contributed by atoms with van der Waals surface area (Å²) < 4.78 is 0. The van der Waals surface area contributed by atoms with Gasteiger partial charge in [-0.25, -0.2) is 0 Å². The van der Waals surface area contributed by atoms with Crippen LogP contribution in [-0.4, -0.2) is 163 Å². The van der Waals surface area contributed by atoms with Gasteiger partial charge < -0.3 is 41.1 Å². The lowest BCUT2D eigenvalue weighted by molar-refractivity contribution is -0.170. The minimum absolute atomic E-state index is 0.0152. The third kappa shape index (κ3) is 12.1. The van der Waals surface area contributed by atoms with E-state index in [9.17, 15) is 69.3 Å². The summed E-state index contributed by atoms with van der Waals surface area (Å²) in [4.78, 5) is 86.6. The van der Waals surface area contributed by atoms with Gasteiger partial charge in [-0.05, 0) is 111 Å². The molecule has 11 atom stereocenters. The molecule has 4 fully saturated rings. The minimum Gasteiger partial charge on any atom is -0.481 e. The van der Waals surface area contributed by atoms with Crippen LogP contribution in [0, 0.1) is 46.3 Å². The molecule has 0 aromatic heterocycles. The highest BCUT2D eigenvalue weighted by Gasteiger charge is 2.63. The topological polar surface area (TPSA) is 283 Å². The van der Waals surface area contributed by atoms with Gasteiger partial charge in [-0.15, -0.1) is 0 Å². The standard InChI is InChI=1S/C41H66N4O14/c1-24(4-11-34(48)49)28-7-8-29-27-6-5-25-18-26(12-13-40(25,2)30(27)19-32(46)41(28,29)3)42-33(47)10-9-31(39(58)59)45(16-14-43(20-35(50)51)21-36(52)53)17-15-44(22-37(54)55)23-38(56)57/h24-32,46H,4-23H2,1-3H3,(H,42,47)(H,48,49)(H,50,51)(H,52,53)(H,54,55)(H,56,57)(H,58,59)/t24?,25-,26-,27?,28-,29?,30?,31+,32+,40+,41-/m1/s1. The summed E-state index contributed by atoms with van der Waals surface area (Å²) in [5, 5.41) is 71.8. The first kappa shape index (κ1) is 47.8. The Bertz CT molecular complexity index is 1470. The molecule has 1 amide bonds. The van der Waals surface area contributed by atoms with Crippen LogP contribution >= 0.6 is 0 Å². The van der Waals surface area contributed by atoms with Crippen molar-refractivity contribution in [1.82, 2.24) is 20.0 Å². The third-order valence-corrected chi connectivity index (χ3v) is 14.9. The monoisotopic (exact) mass is 838 g/mol. The summed E-state index contributed by atoms with van der Waals surface area (Å²) in [7, 11) is 0. The molecule has 4 aliphatic carbocycles. The van der Waals surface area contributed by atoms with Gasteiger partial charge in [0.2, 0.25) is 5.91 Å². The Morgan fingerprint density at radius 2 is 1.22 bits per heavy atom. The maximum absolute atomic E-state index is 13.5. The van der Waals surface area contributed by atoms with Gasteiger partial charge in [0, 0.05) is 45.1 Å². The van der Waals surface area contributed by atoms with Crippen molar-refractivity contribution >= 4 is 41.7 Å². The van der Waals surface area contributed by atoms with Crippen molar-refractivity contribution in [2.45, 2.75) is 116 Å². The number of aliphatic carboxylic acids is 6. The van der Waals surface area contributed by atoms with E-state index in [2.05, 4.69) is 26.1 Å². The smallest absolute Gasteiger partial charge is 0.320 e. The van der Waals surface area contributed by atoms with Crippen molar-refractivity contribution in [3.8, 4) is 0 Å². The van der Waals surface area contributed by atoms with Gasteiger partial charge in [-0.3, -0.25) is 48.3 Å². The number of aliphatic hydroxyl groups is 1. The second kappa shape index (κ2) is 20.6. The van der Waals surface area contributed by atoms with E-state index in [0.29, 0.717) is 36.5 Å². The number of aliphatic hydroxyl groups excluding tert-OH is 1. The predicted molar refractivity (Wildman–Crippen MR) is 210 cm³/mol. The zero-order valence-electron chi connectivity index (χ0n) is 34.7. The van der Waals surface area contributed by atoms with Crippen LogP contribution in [0.3, 0.4) is 0 Å². The summed E-state index contributed by atoms with van der Waals surface area (Å²) in [6.45, 7) is 3.51. The molecule has 59 heavy (non-hydrogen) atoms. The maximum Gasteiger partial charge on any atom is 0.320 e. The van der Waals surface area contributed by atoms with Crippen LogP contribution in [0.1, 0.15) is 97.8 Å². The Kier molecular flexibility index (Phi) is 16.7. The number of carbonyl (C=O) groups is 7. The molecule has 0 radical (unpaired) electrons. The summed E-state index contributed by atoms with van der Waals surface area (Å²) >= 11 is 0. The number of rotatable bonds is 24. The number of carboxylic acids is 6. The van der Waals surface area contributed by atoms with Crippen molar-refractivity contribution in [3.63, 3.8) is 0 Å². The van der Waals surface area contributed by atoms with E-state index in [-0.39, 0.29) is 80.1 Å². The van der Waals surface area contributed by atoms with Gasteiger partial charge in [-0.2, -0.15) is 0 Å². The lowest BCUT2D eigenvalue weighted by atomic mass is 9.43. The van der Waals surface area contributed by atoms with E-state index in [4.69, 9.17) is 0 Å². The van der Waals surface area contributed by atoms with Crippen molar-refractivity contribution in [2.24, 2.45) is 46.3 Å². The zero-order valence-corrected chi connectivity index (χ0v) is 34.7. The largest absolute Gasteiger partial charge is 0.481 e. The van der Waals surface area contributed by atoms with Crippen LogP contribution in [0.2, 0.25) is 0 Å². The van der Waals surface area contributed by atoms with E-state index in [0.717, 1.165) is 54.7 Å². The quantitative estimate of drug-likeness (QED) is 0.0691. The highest BCUT2D eigenvalue weighted by molar-refractivity contribution is 5.79. The van der Waals surface area contributed by atoms with E-state index in [1.165, 1.54) is 4.90 Å². The highest BCUT2D eigenvalue weighted by Crippen LogP contribution is 2.68. The van der Waals surface area contributed by atoms with Gasteiger partial charge in [-0.1, -0.05) is 20.8 Å². The Morgan fingerprint density at radius 1 is 0.661 bits per heavy atom. The second-order valence-electron chi connectivity index (χ2n) is 18.3. The zero-order chi connectivity index (χ0) is 43.8. The number of fused-ring (bicyclic) bond motifs is 5. The number of amides is 1. The van der Waals surface area contributed by atoms with Crippen LogP contribution in [0.5, 0.6) is 0 Å². The number of nitrogens with one attached hydrogen (secondary N) is 1. The fourth-order valence-corrected chi connectivity index (χ4v) is 12.1. The SMILES string of the molecule is CC(CCC(=O)O)[C@H]1CCC2C3CC[C@@H]4C[C@H](NC(=O)CC[C@@H](C(=O)O)N(CCN(CC(=O)O)CC(=O)O)CCN(CC(=O)O)CC(=O)O)CC[C@]4(C)C3C[C@H](O)[C@@]21C. The van der Waals surface area contributed by atoms with Crippen LogP contribution in [0.4, 0.5) is 0 Å². The van der Waals surface area contributed by atoms with Crippen LogP contribution < -0.4 is 5.32 Å². The van der Waals surface area contributed by atoms with Crippen LogP contribution in [-0.2, 0) is 33.6 Å². The van der Waals surface area contributed by atoms with Crippen molar-refractivity contribution in [1.29, 1.82) is 0 Å². The molecule has 4 rings (SSSR count). The maximum atomic E-state index is 13.5. The van der Waals surface area contributed by atoms with Crippen molar-refractivity contribution < 1.29 is 69.3 Å². The normalized spacial score (nSPS) is 31.1. The molecule has 0 saturated heterocycles. The van der Waals surface area contributed by atoms with Crippen molar-refractivity contribution in [2.75, 3.05) is 52.4 Å². The predicted octanol–water partition coefficient (Wildman–Crippen LogP) is 2.08. The summed E-state index contributed by atoms with van der Waals surface area (Å²) in [6.07, 6.45) is 7.09. The Labute approximate surface area is 345 Å². The van der Waals surface area contributed by atoms with Crippen LogP contribution in [0.25, 0.3) is 0 Å². The van der Waals surface area contributed by atoms with Gasteiger partial charge >= 0.3 is 35.8 Å². The molecule has 4 saturated carbocycles. The average Bonchev–Trinajstić information content (AvgIpc) is 3.49. The molecule has 18 heteroatoms. The fourth-order valence-electron chi connectivity index (χ4n) is 12.1. The summed E-state index contributed by atoms with van der Waals surface area (Å²) in [5.74, 6) is -5.61. The third-order valence-electron chi connectivity index (χ3n) is 14.9. The summed E-state index contributed by atoms with van der Waals surface area (Å²) in [6, 6.07) is -1.43. The lowest BCUT2D eigenvalue weighted by Gasteiger charge is -2.62. The minimum atomic E-state index is -1.31. The van der Waals surface area contributed by atoms with E-state index in [1.807, 2.05) is 0 Å². The lowest BCUT2D eigenvalue weighted by Crippen LogP contribution is -2.59. The molecule has 0 heterocycles. The highest BCUT2D eigenvalue weighted by atomic mass is 16.4. The van der Waals surface area contributed by atoms with E-state index in [1.54, 1.807) is 0 Å². The second-order valence-corrected chi connectivity index (χ2v) is 18.3. The number of carbonyl (C=O) groups excluding carboxylic acids is 1. The molecule has 0 aromatic carbocycles. The molecule has 8 N–H and O–H groups in total. The molecule has 0 bridgehead atoms. The molecule has 0 aliphatic heterocycles. The summed E-state index contributed by atoms with van der Waals surface area (Å²) in [5.41, 5.74) is -0.262. The molecular weight excluding hydrogens is 772 g/mol. The Balaban J connectivity index is 1.39. The first-order valence-corrected chi connectivity index (χ1v) is 21.1. The molecule has 0 spiro atoms. The Morgan fingerprint density at radius 3 is 1.73 bits per heavy atom. The average molecular weight is 839 g/mol. The van der Waals surface area contributed by atoms with Gasteiger partial charge in [0.1, 0.15) is 6.04 Å².